The van der Waals surface area contributed by atoms with Gasteiger partial charge in [-0.1, -0.05) is 17.7 Å². The largest absolute Gasteiger partial charge is 0.486 e. The number of hydrogen-bond acceptors (Lipinski definition) is 3. The number of aliphatic hydroxyl groups excluding tert-OH is 1. The van der Waals surface area contributed by atoms with E-state index in [-0.39, 0.29) is 12.7 Å². The Kier molecular flexibility index (Phi) is 5.29. The fourth-order valence-corrected chi connectivity index (χ4v) is 2.31. The molecule has 0 bridgehead atoms. The summed E-state index contributed by atoms with van der Waals surface area (Å²) in [7, 11) is 0. The molecule has 18 heavy (non-hydrogen) atoms. The fraction of sp³-hybridized carbons (Fsp3) is 0.571. The van der Waals surface area contributed by atoms with Gasteiger partial charge in [0.2, 0.25) is 0 Å². The van der Waals surface area contributed by atoms with Gasteiger partial charge in [0, 0.05) is 13.2 Å². The average molecular weight is 271 g/mol. The SMILES string of the molecule is OCCCc1ccc(OC2CCCOC2)c(Cl)c1. The lowest BCUT2D eigenvalue weighted by Gasteiger charge is -2.23. The van der Waals surface area contributed by atoms with Crippen molar-refractivity contribution < 1.29 is 14.6 Å². The number of ether oxygens (including phenoxy) is 2. The average Bonchev–Trinajstić information content (AvgIpc) is 2.40. The first kappa shape index (κ1) is 13.7. The van der Waals surface area contributed by atoms with E-state index in [1.54, 1.807) is 0 Å². The van der Waals surface area contributed by atoms with Crippen molar-refractivity contribution in [3.63, 3.8) is 0 Å². The van der Waals surface area contributed by atoms with E-state index in [9.17, 15) is 0 Å². The van der Waals surface area contributed by atoms with Crippen molar-refractivity contribution in [2.45, 2.75) is 31.8 Å². The summed E-state index contributed by atoms with van der Waals surface area (Å²) in [5.74, 6) is 0.722. The smallest absolute Gasteiger partial charge is 0.138 e. The summed E-state index contributed by atoms with van der Waals surface area (Å²) in [5.41, 5.74) is 1.13. The molecule has 1 unspecified atom stereocenters. The molecule has 0 saturated carbocycles. The van der Waals surface area contributed by atoms with Gasteiger partial charge in [0.1, 0.15) is 11.9 Å². The van der Waals surface area contributed by atoms with Crippen LogP contribution in [-0.2, 0) is 11.2 Å². The van der Waals surface area contributed by atoms with Gasteiger partial charge in [0.25, 0.3) is 0 Å². The van der Waals surface area contributed by atoms with E-state index >= 15 is 0 Å². The molecule has 0 spiro atoms. The Morgan fingerprint density at radius 1 is 1.44 bits per heavy atom. The summed E-state index contributed by atoms with van der Waals surface area (Å²) in [4.78, 5) is 0. The van der Waals surface area contributed by atoms with Gasteiger partial charge >= 0.3 is 0 Å². The molecular weight excluding hydrogens is 252 g/mol. The summed E-state index contributed by atoms with van der Waals surface area (Å²) in [6.45, 7) is 1.67. The molecule has 0 amide bonds. The van der Waals surface area contributed by atoms with Crippen molar-refractivity contribution in [2.75, 3.05) is 19.8 Å². The highest BCUT2D eigenvalue weighted by molar-refractivity contribution is 6.32. The van der Waals surface area contributed by atoms with Crippen LogP contribution in [0.2, 0.25) is 5.02 Å². The van der Waals surface area contributed by atoms with E-state index < -0.39 is 0 Å². The van der Waals surface area contributed by atoms with Gasteiger partial charge < -0.3 is 14.6 Å². The van der Waals surface area contributed by atoms with Crippen LogP contribution >= 0.6 is 11.6 Å². The maximum atomic E-state index is 8.80. The van der Waals surface area contributed by atoms with E-state index in [4.69, 9.17) is 26.2 Å². The van der Waals surface area contributed by atoms with E-state index in [1.807, 2.05) is 18.2 Å². The van der Waals surface area contributed by atoms with Gasteiger partial charge in [-0.25, -0.2) is 0 Å². The third-order valence-electron chi connectivity index (χ3n) is 3.03. The number of halogens is 1. The predicted octanol–water partition coefficient (Wildman–Crippen LogP) is 2.82. The van der Waals surface area contributed by atoms with Crippen LogP contribution in [0.3, 0.4) is 0 Å². The van der Waals surface area contributed by atoms with Crippen LogP contribution in [0.1, 0.15) is 24.8 Å². The topological polar surface area (TPSA) is 38.7 Å². The predicted molar refractivity (Wildman–Crippen MR) is 71.3 cm³/mol. The molecule has 1 N–H and O–H groups in total. The minimum atomic E-state index is 0.111. The Morgan fingerprint density at radius 3 is 3.00 bits per heavy atom. The first-order chi connectivity index (χ1) is 8.79. The lowest BCUT2D eigenvalue weighted by molar-refractivity contribution is 0.00747. The highest BCUT2D eigenvalue weighted by Crippen LogP contribution is 2.28. The van der Waals surface area contributed by atoms with Crippen molar-refractivity contribution in [1.82, 2.24) is 0 Å². The van der Waals surface area contributed by atoms with Crippen molar-refractivity contribution in [1.29, 1.82) is 0 Å². The van der Waals surface area contributed by atoms with E-state index in [0.717, 1.165) is 43.6 Å². The molecule has 0 radical (unpaired) electrons. The zero-order valence-corrected chi connectivity index (χ0v) is 11.2. The first-order valence-electron chi connectivity index (χ1n) is 6.43. The molecule has 100 valence electrons. The molecule has 1 saturated heterocycles. The molecule has 1 aromatic rings. The van der Waals surface area contributed by atoms with E-state index in [0.29, 0.717) is 11.6 Å². The molecule has 1 heterocycles. The Balaban J connectivity index is 1.95. The monoisotopic (exact) mass is 270 g/mol. The van der Waals surface area contributed by atoms with Crippen molar-refractivity contribution in [3.8, 4) is 5.75 Å². The second-order valence-electron chi connectivity index (χ2n) is 4.55. The van der Waals surface area contributed by atoms with Gasteiger partial charge in [0.05, 0.1) is 11.6 Å². The van der Waals surface area contributed by atoms with Crippen molar-refractivity contribution in [3.05, 3.63) is 28.8 Å². The zero-order chi connectivity index (χ0) is 12.8. The Morgan fingerprint density at radius 2 is 2.33 bits per heavy atom. The maximum Gasteiger partial charge on any atom is 0.138 e. The normalized spacial score (nSPS) is 19.8. The Hall–Kier alpha value is -0.770. The lowest BCUT2D eigenvalue weighted by Crippen LogP contribution is -2.28. The number of hydrogen-bond donors (Lipinski definition) is 1. The van der Waals surface area contributed by atoms with Gasteiger partial charge in [0.15, 0.2) is 0 Å². The third-order valence-corrected chi connectivity index (χ3v) is 3.33. The van der Waals surface area contributed by atoms with Crippen LogP contribution < -0.4 is 4.74 Å². The molecule has 1 atom stereocenters. The standard InChI is InChI=1S/C14H19ClO3/c15-13-9-11(3-1-7-16)5-6-14(13)18-12-4-2-8-17-10-12/h5-6,9,12,16H,1-4,7-8,10H2. The third kappa shape index (κ3) is 3.87. The molecule has 1 aliphatic heterocycles. The fourth-order valence-electron chi connectivity index (χ4n) is 2.06. The summed E-state index contributed by atoms with van der Waals surface area (Å²) >= 11 is 6.20. The van der Waals surface area contributed by atoms with Crippen LogP contribution in [0.5, 0.6) is 5.75 Å². The Labute approximate surface area is 113 Å². The minimum Gasteiger partial charge on any atom is -0.486 e. The van der Waals surface area contributed by atoms with Gasteiger partial charge in [-0.15, -0.1) is 0 Å². The molecule has 4 heteroatoms. The molecule has 1 aromatic carbocycles. The molecule has 0 aliphatic carbocycles. The zero-order valence-electron chi connectivity index (χ0n) is 10.4. The lowest BCUT2D eigenvalue weighted by atomic mass is 10.1. The number of rotatable bonds is 5. The van der Waals surface area contributed by atoms with Crippen molar-refractivity contribution in [2.24, 2.45) is 0 Å². The molecule has 0 aromatic heterocycles. The van der Waals surface area contributed by atoms with Gasteiger partial charge in [-0.05, 0) is 43.4 Å². The van der Waals surface area contributed by atoms with Gasteiger partial charge in [-0.3, -0.25) is 0 Å². The van der Waals surface area contributed by atoms with Crippen LogP contribution in [0.4, 0.5) is 0 Å². The van der Waals surface area contributed by atoms with Crippen LogP contribution in [0, 0.1) is 0 Å². The Bertz CT molecular complexity index is 375. The van der Waals surface area contributed by atoms with Gasteiger partial charge in [-0.2, -0.15) is 0 Å². The quantitative estimate of drug-likeness (QED) is 0.894. The van der Waals surface area contributed by atoms with Crippen LogP contribution in [0.25, 0.3) is 0 Å². The minimum absolute atomic E-state index is 0.111. The van der Waals surface area contributed by atoms with Crippen LogP contribution in [0.15, 0.2) is 18.2 Å². The number of benzene rings is 1. The number of aliphatic hydroxyl groups is 1. The molecule has 1 aliphatic rings. The summed E-state index contributed by atoms with van der Waals surface area (Å²) in [6.07, 6.45) is 3.76. The van der Waals surface area contributed by atoms with Crippen molar-refractivity contribution >= 4 is 11.6 Å². The summed E-state index contributed by atoms with van der Waals surface area (Å²) in [5, 5.41) is 9.43. The maximum absolute atomic E-state index is 8.80. The van der Waals surface area contributed by atoms with E-state index in [1.165, 1.54) is 0 Å². The second-order valence-corrected chi connectivity index (χ2v) is 4.96. The second kappa shape index (κ2) is 6.98. The molecule has 2 rings (SSSR count). The molecular formula is C14H19ClO3. The highest BCUT2D eigenvalue weighted by Gasteiger charge is 2.16. The summed E-state index contributed by atoms with van der Waals surface area (Å²) < 4.78 is 11.2. The number of aryl methyl sites for hydroxylation is 1. The van der Waals surface area contributed by atoms with E-state index in [2.05, 4.69) is 0 Å². The summed E-state index contributed by atoms with van der Waals surface area (Å²) in [6, 6.07) is 5.82. The molecule has 1 fully saturated rings. The molecule has 3 nitrogen and oxygen atoms in total. The van der Waals surface area contributed by atoms with Crippen LogP contribution in [-0.4, -0.2) is 31.0 Å². The first-order valence-corrected chi connectivity index (χ1v) is 6.81. The highest BCUT2D eigenvalue weighted by atomic mass is 35.5.